The Balaban J connectivity index is 1.18. The van der Waals surface area contributed by atoms with Gasteiger partial charge in [-0.05, 0) is 54.7 Å². The molecule has 0 spiro atoms. The minimum absolute atomic E-state index is 0.0100. The standard InChI is InChI=1S/C31H32N6O4S/c1-41-27-9-3-2-8-26(27)31(14-15-31)29(38)33-19-21-10-12-22(13-11-21)25-20-34-30-36-23-6-4-7-24(18-23)42(39,40)35-17-5-16-32-28(25)37-30/h2-4,6-13,18,20,35H,5,14-17,19H2,1H3,(H,33,38)(H2,32,34,36,37). The number of rotatable bonds is 6. The lowest BCUT2D eigenvalue weighted by molar-refractivity contribution is -0.123. The van der Waals surface area contributed by atoms with Gasteiger partial charge in [0.1, 0.15) is 11.6 Å². The van der Waals surface area contributed by atoms with Gasteiger partial charge in [-0.25, -0.2) is 18.1 Å². The summed E-state index contributed by atoms with van der Waals surface area (Å²) in [6, 6.07) is 22.2. The van der Waals surface area contributed by atoms with Crippen molar-refractivity contribution < 1.29 is 17.9 Å². The van der Waals surface area contributed by atoms with Crippen LogP contribution >= 0.6 is 0 Å². The maximum absolute atomic E-state index is 13.2. The summed E-state index contributed by atoms with van der Waals surface area (Å²) in [6.45, 7) is 1.22. The molecule has 42 heavy (non-hydrogen) atoms. The van der Waals surface area contributed by atoms with E-state index < -0.39 is 15.4 Å². The number of aromatic nitrogens is 2. The zero-order valence-corrected chi connectivity index (χ0v) is 24.0. The van der Waals surface area contributed by atoms with Crippen LogP contribution in [-0.4, -0.2) is 44.5 Å². The minimum Gasteiger partial charge on any atom is -0.496 e. The van der Waals surface area contributed by atoms with E-state index in [4.69, 9.17) is 9.72 Å². The number of anilines is 3. The van der Waals surface area contributed by atoms with Gasteiger partial charge in [-0.2, -0.15) is 4.98 Å². The van der Waals surface area contributed by atoms with E-state index in [9.17, 15) is 13.2 Å². The summed E-state index contributed by atoms with van der Waals surface area (Å²) >= 11 is 0. The summed E-state index contributed by atoms with van der Waals surface area (Å²) in [6.07, 6.45) is 3.92. The van der Waals surface area contributed by atoms with Crippen LogP contribution in [-0.2, 0) is 26.8 Å². The topological polar surface area (TPSA) is 134 Å². The molecular formula is C31H32N6O4S. The van der Waals surface area contributed by atoms with Crippen molar-refractivity contribution in [2.75, 3.05) is 30.8 Å². The molecule has 1 fully saturated rings. The molecule has 4 bridgehead atoms. The van der Waals surface area contributed by atoms with Crippen molar-refractivity contribution in [3.8, 4) is 16.9 Å². The lowest BCUT2D eigenvalue weighted by Crippen LogP contribution is -2.34. The Labute approximate surface area is 245 Å². The molecule has 4 aromatic rings. The fourth-order valence-electron chi connectivity index (χ4n) is 5.18. The number of hydrogen-bond acceptors (Lipinski definition) is 8. The van der Waals surface area contributed by atoms with Gasteiger partial charge in [0.2, 0.25) is 21.9 Å². The number of carbonyl (C=O) groups excluding carboxylic acids is 1. The van der Waals surface area contributed by atoms with Crippen LogP contribution in [0.4, 0.5) is 17.5 Å². The number of benzene rings is 3. The van der Waals surface area contributed by atoms with Crippen LogP contribution in [0.3, 0.4) is 0 Å². The number of carbonyl (C=O) groups is 1. The highest BCUT2D eigenvalue weighted by Crippen LogP contribution is 2.51. The zero-order chi connectivity index (χ0) is 29.2. The predicted molar refractivity (Wildman–Crippen MR) is 161 cm³/mol. The SMILES string of the molecule is COc1ccccc1C1(C(=O)NCc2ccc(-c3cnc4nc3NCCCNS(=O)(=O)c3cccc(c3)N4)cc2)CC1. The summed E-state index contributed by atoms with van der Waals surface area (Å²) in [4.78, 5) is 22.6. The predicted octanol–water partition coefficient (Wildman–Crippen LogP) is 4.34. The van der Waals surface area contributed by atoms with Crippen LogP contribution in [0.5, 0.6) is 5.75 Å². The third-order valence-corrected chi connectivity index (χ3v) is 9.11. The van der Waals surface area contributed by atoms with Crippen molar-refractivity contribution in [3.63, 3.8) is 0 Å². The fraction of sp³-hybridized carbons (Fsp3) is 0.258. The number of sulfonamides is 1. The molecule has 10 nitrogen and oxygen atoms in total. The van der Waals surface area contributed by atoms with Crippen LogP contribution in [0.2, 0.25) is 0 Å². The average Bonchev–Trinajstić information content (AvgIpc) is 3.82. The third-order valence-electron chi connectivity index (χ3n) is 7.65. The Bertz CT molecular complexity index is 1720. The highest BCUT2D eigenvalue weighted by Gasteiger charge is 2.52. The Hall–Kier alpha value is -4.48. The largest absolute Gasteiger partial charge is 0.496 e. The first-order valence-electron chi connectivity index (χ1n) is 13.9. The molecule has 0 atom stereocenters. The Kier molecular flexibility index (Phi) is 7.53. The van der Waals surface area contributed by atoms with Gasteiger partial charge >= 0.3 is 0 Å². The van der Waals surface area contributed by atoms with Gasteiger partial charge in [0.05, 0.1) is 17.4 Å². The molecule has 0 unspecified atom stereocenters. The second-order valence-corrected chi connectivity index (χ2v) is 12.2. The molecule has 2 heterocycles. The van der Waals surface area contributed by atoms with E-state index in [0.29, 0.717) is 43.5 Å². The second kappa shape index (κ2) is 11.4. The third kappa shape index (κ3) is 5.65. The van der Waals surface area contributed by atoms with Crippen LogP contribution in [0.25, 0.3) is 11.1 Å². The number of methoxy groups -OCH3 is 1. The van der Waals surface area contributed by atoms with Gasteiger partial charge in [0, 0.05) is 42.6 Å². The molecule has 1 saturated carbocycles. The van der Waals surface area contributed by atoms with E-state index in [0.717, 1.165) is 40.8 Å². The Morgan fingerprint density at radius 1 is 1.02 bits per heavy atom. The Morgan fingerprint density at radius 2 is 1.83 bits per heavy atom. The molecule has 1 amide bonds. The molecule has 1 aromatic heterocycles. The summed E-state index contributed by atoms with van der Waals surface area (Å²) in [5, 5.41) is 9.56. The van der Waals surface area contributed by atoms with Crippen molar-refractivity contribution >= 4 is 33.4 Å². The molecule has 11 heteroatoms. The van der Waals surface area contributed by atoms with Crippen molar-refractivity contribution in [1.29, 1.82) is 0 Å². The summed E-state index contributed by atoms with van der Waals surface area (Å²) in [5.41, 5.74) is 3.68. The summed E-state index contributed by atoms with van der Waals surface area (Å²) < 4.78 is 33.4. The lowest BCUT2D eigenvalue weighted by atomic mass is 9.94. The number of nitrogens with one attached hydrogen (secondary N) is 4. The van der Waals surface area contributed by atoms with Gasteiger partial charge in [-0.3, -0.25) is 4.79 Å². The maximum atomic E-state index is 13.2. The van der Waals surface area contributed by atoms with Gasteiger partial charge in [0.15, 0.2) is 0 Å². The first-order chi connectivity index (χ1) is 20.4. The normalized spacial score (nSPS) is 16.8. The minimum atomic E-state index is -3.61. The van der Waals surface area contributed by atoms with E-state index in [1.807, 2.05) is 48.5 Å². The summed E-state index contributed by atoms with van der Waals surface area (Å²) in [5.74, 6) is 1.74. The van der Waals surface area contributed by atoms with Crippen LogP contribution < -0.4 is 25.4 Å². The number of ether oxygens (including phenoxy) is 1. The number of nitrogens with zero attached hydrogens (tertiary/aromatic N) is 2. The number of fused-ring (bicyclic) bond motifs is 4. The van der Waals surface area contributed by atoms with Gasteiger partial charge in [0.25, 0.3) is 0 Å². The molecule has 1 aliphatic heterocycles. The molecule has 216 valence electrons. The van der Waals surface area contributed by atoms with E-state index in [1.165, 1.54) is 0 Å². The second-order valence-electron chi connectivity index (χ2n) is 10.4. The van der Waals surface area contributed by atoms with Gasteiger partial charge in [-0.1, -0.05) is 48.5 Å². The van der Waals surface area contributed by atoms with Crippen molar-refractivity contribution in [3.05, 3.63) is 90.1 Å². The smallest absolute Gasteiger partial charge is 0.240 e. The van der Waals surface area contributed by atoms with Gasteiger partial charge in [-0.15, -0.1) is 0 Å². The van der Waals surface area contributed by atoms with E-state index >= 15 is 0 Å². The van der Waals surface area contributed by atoms with Crippen molar-refractivity contribution in [1.82, 2.24) is 20.0 Å². The quantitative estimate of drug-likeness (QED) is 0.263. The molecule has 0 saturated heterocycles. The number of amides is 1. The Morgan fingerprint density at radius 3 is 2.62 bits per heavy atom. The van der Waals surface area contributed by atoms with E-state index in [-0.39, 0.29) is 10.8 Å². The first kappa shape index (κ1) is 27.7. The molecular weight excluding hydrogens is 552 g/mol. The van der Waals surface area contributed by atoms with Crippen LogP contribution in [0.15, 0.2) is 83.9 Å². The molecule has 0 radical (unpaired) electrons. The lowest BCUT2D eigenvalue weighted by Gasteiger charge is -2.18. The van der Waals surface area contributed by atoms with E-state index in [1.54, 1.807) is 37.6 Å². The van der Waals surface area contributed by atoms with Crippen molar-refractivity contribution in [2.24, 2.45) is 0 Å². The highest BCUT2D eigenvalue weighted by molar-refractivity contribution is 7.89. The highest BCUT2D eigenvalue weighted by atomic mass is 32.2. The molecule has 2 aliphatic rings. The molecule has 3 aromatic carbocycles. The maximum Gasteiger partial charge on any atom is 0.240 e. The number of para-hydroxylation sites is 1. The average molecular weight is 585 g/mol. The molecule has 4 N–H and O–H groups in total. The first-order valence-corrected chi connectivity index (χ1v) is 15.4. The molecule has 6 rings (SSSR count). The zero-order valence-electron chi connectivity index (χ0n) is 23.2. The van der Waals surface area contributed by atoms with Crippen LogP contribution in [0.1, 0.15) is 30.4 Å². The van der Waals surface area contributed by atoms with Crippen molar-refractivity contribution in [2.45, 2.75) is 36.1 Å². The fourth-order valence-corrected chi connectivity index (χ4v) is 6.30. The van der Waals surface area contributed by atoms with E-state index in [2.05, 4.69) is 25.7 Å². The van der Waals surface area contributed by atoms with Crippen LogP contribution in [0, 0.1) is 0 Å². The monoisotopic (exact) mass is 584 g/mol. The van der Waals surface area contributed by atoms with Gasteiger partial charge < -0.3 is 20.7 Å². The molecule has 1 aliphatic carbocycles. The summed E-state index contributed by atoms with van der Waals surface area (Å²) in [7, 11) is -1.98. The number of hydrogen-bond donors (Lipinski definition) is 4.